The SMILES string of the molecule is COP([O-])(=S)OCCCCCCOCC(COCCCOP(=O)([S-])OCCCCOC[C@@H]1OC(CO)[C@H](O)[C@H](O)C1C)(COCCCOP([O-])(=S)OCCCCO[C@@H]1OC(CO)[C@H](C)[C@H](O)C1C)COCCCOP([O-])(=S)OCCCCO[C@@H]1OC(CO)[C@H](O)[C@H](O)C1NC(C)=O. The van der Waals surface area contributed by atoms with Crippen molar-refractivity contribution in [3.05, 3.63) is 0 Å². The van der Waals surface area contributed by atoms with E-state index in [2.05, 4.69) is 5.32 Å². The molecular formula is C57H109NO31P4S4-4. The van der Waals surface area contributed by atoms with Crippen LogP contribution >= 0.6 is 27.0 Å². The van der Waals surface area contributed by atoms with E-state index in [0.29, 0.717) is 64.6 Å². The lowest BCUT2D eigenvalue weighted by molar-refractivity contribution is -0.270. The molecule has 40 heteroatoms. The van der Waals surface area contributed by atoms with Crippen molar-refractivity contribution in [2.24, 2.45) is 23.2 Å². The molecule has 3 heterocycles. The van der Waals surface area contributed by atoms with Crippen LogP contribution in [0.25, 0.3) is 0 Å². The van der Waals surface area contributed by atoms with Crippen LogP contribution in [0.15, 0.2) is 0 Å². The highest BCUT2D eigenvalue weighted by Gasteiger charge is 2.46. The Morgan fingerprint density at radius 2 is 0.814 bits per heavy atom. The molecule has 9 N–H and O–H groups in total. The van der Waals surface area contributed by atoms with Crippen LogP contribution in [0.2, 0.25) is 0 Å². The molecule has 1 amide bonds. The van der Waals surface area contributed by atoms with Crippen LogP contribution in [-0.4, -0.2) is 273 Å². The number of aliphatic hydroxyl groups excluding tert-OH is 8. The lowest BCUT2D eigenvalue weighted by Gasteiger charge is -2.42. The summed E-state index contributed by atoms with van der Waals surface area (Å²) < 4.78 is 115. The van der Waals surface area contributed by atoms with Gasteiger partial charge in [0, 0.05) is 78.0 Å². The zero-order valence-corrected chi connectivity index (χ0v) is 63.1. The van der Waals surface area contributed by atoms with Gasteiger partial charge in [0.2, 0.25) is 5.91 Å². The Morgan fingerprint density at radius 3 is 1.30 bits per heavy atom. The van der Waals surface area contributed by atoms with Crippen molar-refractivity contribution in [1.29, 1.82) is 0 Å². The Morgan fingerprint density at radius 1 is 0.454 bits per heavy atom. The molecule has 0 aliphatic carbocycles. The normalized spacial score (nSPS) is 29.5. The summed E-state index contributed by atoms with van der Waals surface area (Å²) in [5.74, 6) is -1.49. The van der Waals surface area contributed by atoms with E-state index in [-0.39, 0.29) is 150 Å². The largest absolute Gasteiger partial charge is 0.780 e. The standard InChI is InChI=1S/C57H113NO31P4S4/c1-41-45(33-59)88-55(43(3)50(41)63)78-24-11-14-28-82-92(70,96)85-31-17-22-76-39-57(37-74-20-8-6-7-9-26-80-90(68,94)72-5,38-75-21-16-30-84-91(69,95)81-27-13-10-19-73-36-48-42(2)51(64)52(65)46(34-60)87-48)40-77-23-18-32-86-93(71,97)83-29-15-12-25-79-56-49(58-44(4)62)54(67)53(66)47(35-61)89-56/h41-43,45-56,59-61,63-67H,6-40H2,1-5H3,(H,58,62)(H,68,94)(H,69,95)(H,70,96)(H,71,97)/p-4/t41-,42?,43?,45?,46?,47?,48-,49?,50-,51+,52-,53-,54+,55+,56+,57?,90?,91?,92?,93?/m0/s1. The van der Waals surface area contributed by atoms with Crippen LogP contribution in [0.4, 0.5) is 0 Å². The van der Waals surface area contributed by atoms with Gasteiger partial charge in [0.25, 0.3) is 0 Å². The quantitative estimate of drug-likeness (QED) is 0.0230. The third-order valence-electron chi connectivity index (χ3n) is 15.9. The summed E-state index contributed by atoms with van der Waals surface area (Å²) in [5.41, 5.74) is -0.968. The summed E-state index contributed by atoms with van der Waals surface area (Å²) in [4.78, 5) is 49.8. The van der Waals surface area contributed by atoms with Crippen molar-refractivity contribution in [3.63, 3.8) is 0 Å². The van der Waals surface area contributed by atoms with E-state index in [0.717, 1.165) is 12.8 Å². The molecule has 3 aliphatic rings. The molecule has 0 aromatic carbocycles. The van der Waals surface area contributed by atoms with Crippen molar-refractivity contribution in [3.8, 4) is 0 Å². The molecule has 97 heavy (non-hydrogen) atoms. The Balaban J connectivity index is 1.56. The number of rotatable bonds is 58. The molecule has 0 spiro atoms. The minimum absolute atomic E-state index is 0.0161. The molecule has 576 valence electrons. The molecule has 11 unspecified atom stereocenters. The topological polar surface area (TPSA) is 443 Å². The molecule has 0 bridgehead atoms. The zero-order chi connectivity index (χ0) is 71.9. The van der Waals surface area contributed by atoms with Gasteiger partial charge in [-0.3, -0.25) is 9.36 Å². The zero-order valence-electron chi connectivity index (χ0n) is 56.3. The van der Waals surface area contributed by atoms with Gasteiger partial charge in [-0.1, -0.05) is 69.0 Å². The van der Waals surface area contributed by atoms with E-state index in [4.69, 9.17) is 131 Å². The summed E-state index contributed by atoms with van der Waals surface area (Å²) in [7, 11) is 1.22. The minimum atomic E-state index is -3.95. The lowest BCUT2D eigenvalue weighted by Crippen LogP contribution is -2.64. The van der Waals surface area contributed by atoms with Crippen molar-refractivity contribution < 1.29 is 148 Å². The first-order valence-corrected chi connectivity index (χ1v) is 43.2. The Labute approximate surface area is 591 Å². The molecule has 32 nitrogen and oxygen atoms in total. The number of nitrogens with one attached hydrogen (secondary N) is 1. The van der Waals surface area contributed by atoms with Gasteiger partial charge in [0.15, 0.2) is 19.4 Å². The van der Waals surface area contributed by atoms with Gasteiger partial charge in [-0.25, -0.2) is 0 Å². The Kier molecular flexibility index (Phi) is 47.8. The summed E-state index contributed by atoms with van der Waals surface area (Å²) in [6.45, 7) is -8.55. The average Bonchev–Trinajstić information content (AvgIpc) is 0.847. The molecular weight excluding hydrogens is 1450 g/mol. The fourth-order valence-corrected chi connectivity index (χ4v) is 14.4. The van der Waals surface area contributed by atoms with Crippen molar-refractivity contribution in [2.75, 3.05) is 152 Å². The molecule has 0 radical (unpaired) electrons. The highest BCUT2D eigenvalue weighted by molar-refractivity contribution is 8.32. The summed E-state index contributed by atoms with van der Waals surface area (Å²) >= 11 is 20.2. The van der Waals surface area contributed by atoms with Crippen LogP contribution in [0.5, 0.6) is 0 Å². The molecule has 3 aliphatic heterocycles. The van der Waals surface area contributed by atoms with Gasteiger partial charge in [0.05, 0.1) is 129 Å². The molecule has 20 atom stereocenters. The van der Waals surface area contributed by atoms with Crippen LogP contribution in [0.3, 0.4) is 0 Å². The van der Waals surface area contributed by atoms with E-state index in [9.17, 15) is 64.9 Å². The van der Waals surface area contributed by atoms with Crippen LogP contribution < -0.4 is 20.0 Å². The highest BCUT2D eigenvalue weighted by atomic mass is 32.7. The lowest BCUT2D eigenvalue weighted by atomic mass is 9.86. The van der Waals surface area contributed by atoms with Gasteiger partial charge in [-0.05, 0) is 70.6 Å². The number of carbonyl (C=O) groups is 1. The van der Waals surface area contributed by atoms with Gasteiger partial charge in [-0.15, -0.1) is 0 Å². The first-order valence-electron chi connectivity index (χ1n) is 33.0. The van der Waals surface area contributed by atoms with Gasteiger partial charge in [-0.2, -0.15) is 0 Å². The highest BCUT2D eigenvalue weighted by Crippen LogP contribution is 2.46. The van der Waals surface area contributed by atoms with E-state index < -0.39 is 131 Å². The number of carbonyl (C=O) groups excluding carboxylic acids is 1. The molecule has 0 saturated carbocycles. The molecule has 3 rings (SSSR count). The first kappa shape index (κ1) is 92.0. The predicted octanol–water partition coefficient (Wildman–Crippen LogP) is 0.744. The van der Waals surface area contributed by atoms with E-state index in [1.54, 1.807) is 13.8 Å². The van der Waals surface area contributed by atoms with Crippen LogP contribution in [0, 0.1) is 23.2 Å². The van der Waals surface area contributed by atoms with Crippen molar-refractivity contribution in [1.82, 2.24) is 5.32 Å². The first-order chi connectivity index (χ1) is 46.1. The molecule has 3 fully saturated rings. The summed E-state index contributed by atoms with van der Waals surface area (Å²) in [6.07, 6.45) is -4.98. The third kappa shape index (κ3) is 37.8. The van der Waals surface area contributed by atoms with Gasteiger partial charge >= 0.3 is 0 Å². The maximum atomic E-state index is 13.1. The Hall–Kier alpha value is 0.840. The number of hydrogen-bond acceptors (Lipinski definition) is 35. The Bertz CT molecular complexity index is 2290. The number of unbranched alkanes of at least 4 members (excludes halogenated alkanes) is 6. The maximum Gasteiger partial charge on any atom is 0.217 e. The predicted molar refractivity (Wildman–Crippen MR) is 357 cm³/mol. The fourth-order valence-electron chi connectivity index (χ4n) is 10.1. The molecule has 3 saturated heterocycles. The summed E-state index contributed by atoms with van der Waals surface area (Å²) in [5, 5.41) is 83.0. The van der Waals surface area contributed by atoms with E-state index >= 15 is 0 Å². The molecule has 0 aromatic heterocycles. The van der Waals surface area contributed by atoms with E-state index in [1.807, 2.05) is 6.92 Å². The van der Waals surface area contributed by atoms with Crippen LogP contribution in [-0.2, 0) is 141 Å². The number of aliphatic hydroxyl groups is 8. The third-order valence-corrected chi connectivity index (χ3v) is 22.5. The second-order valence-corrected chi connectivity index (χ2v) is 35.1. The summed E-state index contributed by atoms with van der Waals surface area (Å²) in [6, 6.07) is -1.11. The maximum absolute atomic E-state index is 13.1. The average molecular weight is 1560 g/mol. The second-order valence-electron chi connectivity index (χ2n) is 24.0. The van der Waals surface area contributed by atoms with Gasteiger partial charge < -0.3 is 157 Å². The monoisotopic (exact) mass is 1560 g/mol. The van der Waals surface area contributed by atoms with Crippen LogP contribution in [0.1, 0.15) is 111 Å². The second kappa shape index (κ2) is 50.4. The minimum Gasteiger partial charge on any atom is -0.780 e. The molecule has 0 aromatic rings. The smallest absolute Gasteiger partial charge is 0.217 e. The fraction of sp³-hybridized carbons (Fsp3) is 0.982. The van der Waals surface area contributed by atoms with Crippen molar-refractivity contribution in [2.45, 2.75) is 185 Å². The van der Waals surface area contributed by atoms with E-state index in [1.165, 1.54) is 14.0 Å². The number of amides is 1. The van der Waals surface area contributed by atoms with Crippen molar-refractivity contribution >= 4 is 80.5 Å². The number of hydrogen-bond donors (Lipinski definition) is 9. The van der Waals surface area contributed by atoms with Gasteiger partial charge in [0.1, 0.15) is 56.7 Å². The number of ether oxygens (including phenoxy) is 10.